The molecule has 4 nitrogen and oxygen atoms in total. The third kappa shape index (κ3) is 6.11. The minimum atomic E-state index is -4.42. The van der Waals surface area contributed by atoms with Crippen molar-refractivity contribution in [2.24, 2.45) is 5.41 Å². The van der Waals surface area contributed by atoms with Gasteiger partial charge in [-0.3, -0.25) is 14.8 Å². The Bertz CT molecular complexity index is 1170. The molecule has 0 radical (unpaired) electrons. The van der Waals surface area contributed by atoms with E-state index in [0.717, 1.165) is 62.2 Å². The third-order valence-electron chi connectivity index (χ3n) is 7.76. The molecule has 2 fully saturated rings. The lowest BCUT2D eigenvalue weighted by molar-refractivity contribution is -0.139. The molecule has 5 rings (SSSR count). The van der Waals surface area contributed by atoms with Gasteiger partial charge in [-0.2, -0.15) is 13.2 Å². The van der Waals surface area contributed by atoms with Gasteiger partial charge in [-0.25, -0.2) is 0 Å². The Morgan fingerprint density at radius 2 is 1.62 bits per heavy atom. The van der Waals surface area contributed by atoms with Crippen LogP contribution in [0.4, 0.5) is 13.2 Å². The fourth-order valence-corrected chi connectivity index (χ4v) is 5.84. The SMILES string of the molecule is FC(F)(F)c1ccccc1OCCN1CCC2(CC1)CCN([C@@H](c1ccc(Cl)cc1)c1ccccn1)C2. The Kier molecular flexibility index (Phi) is 7.75. The number of halogens is 4. The minimum Gasteiger partial charge on any atom is -0.492 e. The fraction of sp³-hybridized carbons (Fsp3) is 0.414. The molecule has 0 unspecified atom stereocenters. The van der Waals surface area contributed by atoms with E-state index in [-0.39, 0.29) is 23.8 Å². The summed E-state index contributed by atoms with van der Waals surface area (Å²) < 4.78 is 45.2. The molecule has 2 aliphatic rings. The van der Waals surface area contributed by atoms with Crippen LogP contribution in [0.5, 0.6) is 5.75 Å². The van der Waals surface area contributed by atoms with E-state index >= 15 is 0 Å². The number of benzene rings is 2. The summed E-state index contributed by atoms with van der Waals surface area (Å²) in [5.41, 5.74) is 1.76. The average Bonchev–Trinajstić information content (AvgIpc) is 3.30. The van der Waals surface area contributed by atoms with Crippen LogP contribution < -0.4 is 4.74 Å². The van der Waals surface area contributed by atoms with Gasteiger partial charge in [0, 0.05) is 24.3 Å². The molecule has 1 atom stereocenters. The predicted molar refractivity (Wildman–Crippen MR) is 139 cm³/mol. The zero-order valence-electron chi connectivity index (χ0n) is 20.6. The first-order chi connectivity index (χ1) is 17.8. The van der Waals surface area contributed by atoms with Gasteiger partial charge in [-0.1, -0.05) is 41.9 Å². The molecule has 0 amide bonds. The number of likely N-dealkylation sites (tertiary alicyclic amines) is 2. The van der Waals surface area contributed by atoms with Crippen LogP contribution in [0.1, 0.15) is 42.1 Å². The van der Waals surface area contributed by atoms with Crippen LogP contribution in [-0.4, -0.2) is 54.1 Å². The first-order valence-corrected chi connectivity index (χ1v) is 13.1. The number of hydrogen-bond acceptors (Lipinski definition) is 4. The molecule has 0 saturated carbocycles. The second-order valence-corrected chi connectivity index (χ2v) is 10.5. The van der Waals surface area contributed by atoms with Crippen molar-refractivity contribution < 1.29 is 17.9 Å². The molecule has 2 aliphatic heterocycles. The molecule has 1 spiro atoms. The molecule has 3 heterocycles. The average molecular weight is 530 g/mol. The van der Waals surface area contributed by atoms with Gasteiger partial charge in [-0.05, 0) is 86.3 Å². The van der Waals surface area contributed by atoms with Crippen molar-refractivity contribution in [3.05, 3.63) is 94.8 Å². The number of ether oxygens (including phenoxy) is 1. The summed E-state index contributed by atoms with van der Waals surface area (Å²) in [6.07, 6.45) is 0.697. The Balaban J connectivity index is 1.18. The highest BCUT2D eigenvalue weighted by molar-refractivity contribution is 6.30. The van der Waals surface area contributed by atoms with Gasteiger partial charge in [0.2, 0.25) is 0 Å². The van der Waals surface area contributed by atoms with Crippen molar-refractivity contribution >= 4 is 11.6 Å². The molecule has 0 aliphatic carbocycles. The summed E-state index contributed by atoms with van der Waals surface area (Å²) in [4.78, 5) is 9.53. The van der Waals surface area contributed by atoms with Gasteiger partial charge in [0.05, 0.1) is 17.3 Å². The molecule has 0 bridgehead atoms. The van der Waals surface area contributed by atoms with E-state index in [2.05, 4.69) is 33.0 Å². The summed E-state index contributed by atoms with van der Waals surface area (Å²) in [7, 11) is 0. The molecule has 196 valence electrons. The zero-order valence-corrected chi connectivity index (χ0v) is 21.4. The standard InChI is InChI=1S/C29H31ClF3N3O/c30-23-10-8-22(9-11-23)27(25-6-3-4-15-34-25)36-18-14-28(21-36)12-16-35(17-13-28)19-20-37-26-7-2-1-5-24(26)29(31,32)33/h1-11,15,27H,12-14,16-21H2/t27-/m0/s1. The number of nitrogens with zero attached hydrogens (tertiary/aromatic N) is 3. The summed E-state index contributed by atoms with van der Waals surface area (Å²) in [6, 6.07) is 19.6. The number of hydrogen-bond donors (Lipinski definition) is 0. The van der Waals surface area contributed by atoms with Crippen LogP contribution in [0, 0.1) is 5.41 Å². The van der Waals surface area contributed by atoms with E-state index in [4.69, 9.17) is 16.3 Å². The van der Waals surface area contributed by atoms with Crippen LogP contribution in [-0.2, 0) is 6.18 Å². The first-order valence-electron chi connectivity index (χ1n) is 12.7. The summed E-state index contributed by atoms with van der Waals surface area (Å²) >= 11 is 6.16. The lowest BCUT2D eigenvalue weighted by atomic mass is 9.77. The highest BCUT2D eigenvalue weighted by Crippen LogP contribution is 2.44. The molecule has 0 N–H and O–H groups in total. The van der Waals surface area contributed by atoms with Gasteiger partial charge in [-0.15, -0.1) is 0 Å². The highest BCUT2D eigenvalue weighted by atomic mass is 35.5. The normalized spacial score (nSPS) is 19.2. The topological polar surface area (TPSA) is 28.6 Å². The van der Waals surface area contributed by atoms with Crippen molar-refractivity contribution in [3.8, 4) is 5.75 Å². The van der Waals surface area contributed by atoms with Crippen LogP contribution >= 0.6 is 11.6 Å². The van der Waals surface area contributed by atoms with Gasteiger partial charge < -0.3 is 4.74 Å². The summed E-state index contributed by atoms with van der Waals surface area (Å²) in [6.45, 7) is 4.71. The summed E-state index contributed by atoms with van der Waals surface area (Å²) in [5.74, 6) is -0.0994. The van der Waals surface area contributed by atoms with Crippen molar-refractivity contribution in [2.45, 2.75) is 31.5 Å². The number of piperidine rings is 1. The Morgan fingerprint density at radius 1 is 0.919 bits per heavy atom. The smallest absolute Gasteiger partial charge is 0.419 e. The van der Waals surface area contributed by atoms with E-state index in [1.807, 2.05) is 30.5 Å². The van der Waals surface area contributed by atoms with Gasteiger partial charge in [0.25, 0.3) is 0 Å². The maximum absolute atomic E-state index is 13.2. The van der Waals surface area contributed by atoms with Gasteiger partial charge >= 0.3 is 6.18 Å². The fourth-order valence-electron chi connectivity index (χ4n) is 5.71. The van der Waals surface area contributed by atoms with Gasteiger partial charge in [0.1, 0.15) is 12.4 Å². The Labute approximate surface area is 221 Å². The molecule has 2 aromatic carbocycles. The lowest BCUT2D eigenvalue weighted by Crippen LogP contribution is -2.43. The lowest BCUT2D eigenvalue weighted by Gasteiger charge is -2.40. The quantitative estimate of drug-likeness (QED) is 0.340. The van der Waals surface area contributed by atoms with Crippen LogP contribution in [0.2, 0.25) is 5.02 Å². The largest absolute Gasteiger partial charge is 0.492 e. The van der Waals surface area contributed by atoms with E-state index < -0.39 is 11.7 Å². The van der Waals surface area contributed by atoms with Crippen molar-refractivity contribution in [2.75, 3.05) is 39.3 Å². The first kappa shape index (κ1) is 26.0. The monoisotopic (exact) mass is 529 g/mol. The molecule has 1 aromatic heterocycles. The van der Waals surface area contributed by atoms with E-state index in [1.165, 1.54) is 17.7 Å². The number of alkyl halides is 3. The summed E-state index contributed by atoms with van der Waals surface area (Å²) in [5, 5.41) is 0.722. The molecule has 37 heavy (non-hydrogen) atoms. The number of aromatic nitrogens is 1. The predicted octanol–water partition coefficient (Wildman–Crippen LogP) is 6.71. The van der Waals surface area contributed by atoms with Gasteiger partial charge in [0.15, 0.2) is 0 Å². The van der Waals surface area contributed by atoms with E-state index in [0.29, 0.717) is 6.54 Å². The highest BCUT2D eigenvalue weighted by Gasteiger charge is 2.43. The maximum Gasteiger partial charge on any atom is 0.419 e. The molecule has 2 saturated heterocycles. The number of rotatable bonds is 7. The third-order valence-corrected chi connectivity index (χ3v) is 8.01. The minimum absolute atomic E-state index is 0.0815. The van der Waals surface area contributed by atoms with Crippen LogP contribution in [0.25, 0.3) is 0 Å². The Morgan fingerprint density at radius 3 is 2.32 bits per heavy atom. The van der Waals surface area contributed by atoms with Crippen LogP contribution in [0.3, 0.4) is 0 Å². The number of pyridine rings is 1. The number of para-hydroxylation sites is 1. The molecule has 3 aromatic rings. The maximum atomic E-state index is 13.2. The van der Waals surface area contributed by atoms with Crippen molar-refractivity contribution in [1.29, 1.82) is 0 Å². The molecule has 8 heteroatoms. The van der Waals surface area contributed by atoms with E-state index in [9.17, 15) is 13.2 Å². The molecular weight excluding hydrogens is 499 g/mol. The zero-order chi connectivity index (χ0) is 25.9. The molecular formula is C29H31ClF3N3O. The van der Waals surface area contributed by atoms with Crippen molar-refractivity contribution in [1.82, 2.24) is 14.8 Å². The van der Waals surface area contributed by atoms with Crippen molar-refractivity contribution in [3.63, 3.8) is 0 Å². The second-order valence-electron chi connectivity index (χ2n) is 10.1. The van der Waals surface area contributed by atoms with E-state index in [1.54, 1.807) is 6.07 Å². The second kappa shape index (κ2) is 11.0. The van der Waals surface area contributed by atoms with Crippen LogP contribution in [0.15, 0.2) is 72.9 Å². The Hall–Kier alpha value is -2.61.